The number of hydrogen-bond acceptors (Lipinski definition) is 4. The van der Waals surface area contributed by atoms with Gasteiger partial charge in [-0.2, -0.15) is 25.9 Å². The van der Waals surface area contributed by atoms with Gasteiger partial charge in [0.15, 0.2) is 0 Å². The molecule has 198 valence electrons. The van der Waals surface area contributed by atoms with Crippen molar-refractivity contribution in [2.45, 2.75) is 50.7 Å². The molecule has 13 heteroatoms. The number of benzene rings is 1. The summed E-state index contributed by atoms with van der Waals surface area (Å²) in [5.41, 5.74) is 3.54. The Balaban J connectivity index is 1.31. The summed E-state index contributed by atoms with van der Waals surface area (Å²) in [4.78, 5) is 25.1. The normalized spacial score (nSPS) is 33.5. The zero-order valence-electron chi connectivity index (χ0n) is 19.4. The van der Waals surface area contributed by atoms with Crippen LogP contribution in [0.4, 0.5) is 18.9 Å². The number of hydrogen-bond donors (Lipinski definition) is 2. The van der Waals surface area contributed by atoms with Crippen LogP contribution in [0.3, 0.4) is 0 Å². The lowest BCUT2D eigenvalue weighted by Crippen LogP contribution is -2.63. The van der Waals surface area contributed by atoms with E-state index in [4.69, 9.17) is 17.3 Å². The third kappa shape index (κ3) is 4.34. The Bertz CT molecular complexity index is 1180. The first-order chi connectivity index (χ1) is 16.8. The van der Waals surface area contributed by atoms with E-state index in [1.165, 1.54) is 6.07 Å². The maximum atomic E-state index is 13.6. The van der Waals surface area contributed by atoms with Crippen LogP contribution in [0.25, 0.3) is 0 Å². The zero-order valence-corrected chi connectivity index (χ0v) is 21.0. The summed E-state index contributed by atoms with van der Waals surface area (Å²) >= 11 is 5.74. The number of anilines is 1. The number of nitrogens with zero attached hydrogens (tertiary/aromatic N) is 2. The van der Waals surface area contributed by atoms with Gasteiger partial charge in [0.25, 0.3) is 0 Å². The van der Waals surface area contributed by atoms with E-state index in [9.17, 15) is 31.2 Å². The molecule has 4 aliphatic carbocycles. The summed E-state index contributed by atoms with van der Waals surface area (Å²) in [5.74, 6) is -0.178. The predicted octanol–water partition coefficient (Wildman–Crippen LogP) is 2.91. The van der Waals surface area contributed by atoms with Gasteiger partial charge in [-0.1, -0.05) is 11.6 Å². The van der Waals surface area contributed by atoms with Gasteiger partial charge >= 0.3 is 16.4 Å². The minimum atomic E-state index is -4.81. The third-order valence-corrected chi connectivity index (χ3v) is 10.5. The Kier molecular flexibility index (Phi) is 6.23. The fraction of sp³-hybridized carbons (Fsp3) is 0.652. The lowest BCUT2D eigenvalue weighted by molar-refractivity contribution is -0.147. The first-order valence-corrected chi connectivity index (χ1v) is 13.8. The largest absolute Gasteiger partial charge is 0.418 e. The molecule has 1 aliphatic heterocycles. The van der Waals surface area contributed by atoms with Crippen molar-refractivity contribution >= 4 is 39.3 Å². The molecule has 8 nitrogen and oxygen atoms in total. The van der Waals surface area contributed by atoms with Crippen LogP contribution in [0.2, 0.25) is 5.02 Å². The molecule has 2 atom stereocenters. The van der Waals surface area contributed by atoms with Crippen LogP contribution in [0.5, 0.6) is 0 Å². The molecule has 1 aromatic rings. The topological polar surface area (TPSA) is 113 Å². The second kappa shape index (κ2) is 8.76. The van der Waals surface area contributed by atoms with Crippen LogP contribution in [-0.4, -0.2) is 50.2 Å². The number of amides is 2. The van der Waals surface area contributed by atoms with E-state index in [1.807, 2.05) is 0 Å². The number of carbonyl (C=O) groups is 2. The van der Waals surface area contributed by atoms with Crippen LogP contribution in [0, 0.1) is 23.2 Å². The van der Waals surface area contributed by atoms with E-state index in [1.54, 1.807) is 0 Å². The molecule has 5 aliphatic rings. The van der Waals surface area contributed by atoms with Gasteiger partial charge < -0.3 is 11.1 Å². The highest BCUT2D eigenvalue weighted by molar-refractivity contribution is 7.90. The van der Waals surface area contributed by atoms with Gasteiger partial charge in [0.2, 0.25) is 11.8 Å². The zero-order chi connectivity index (χ0) is 26.0. The fourth-order valence-electron chi connectivity index (χ4n) is 7.07. The van der Waals surface area contributed by atoms with Crippen molar-refractivity contribution in [3.63, 3.8) is 0 Å². The monoisotopic (exact) mass is 548 g/mol. The van der Waals surface area contributed by atoms with Crippen LogP contribution < -0.4 is 15.4 Å². The van der Waals surface area contributed by atoms with Crippen molar-refractivity contribution in [2.24, 2.45) is 28.9 Å². The van der Waals surface area contributed by atoms with Crippen LogP contribution in [-0.2, 0) is 26.0 Å². The van der Waals surface area contributed by atoms with Crippen LogP contribution in [0.15, 0.2) is 18.2 Å². The first kappa shape index (κ1) is 25.6. The highest BCUT2D eigenvalue weighted by Gasteiger charge is 2.58. The van der Waals surface area contributed by atoms with Crippen LogP contribution >= 0.6 is 11.6 Å². The highest BCUT2D eigenvalue weighted by atomic mass is 35.5. The van der Waals surface area contributed by atoms with Gasteiger partial charge in [0, 0.05) is 29.6 Å². The van der Waals surface area contributed by atoms with Gasteiger partial charge in [-0.3, -0.25) is 13.9 Å². The van der Waals surface area contributed by atoms with E-state index in [0.717, 1.165) is 29.6 Å². The number of primary amides is 1. The SMILES string of the molecule is NC(=O)C12CC3CC(C1)C(NC(=O)CN1CCCN(c4ccc(Cl)cc4C(F)(F)F)S1(=O)=O)C(C3)C2. The number of alkyl halides is 3. The molecule has 5 fully saturated rings. The maximum absolute atomic E-state index is 13.6. The average Bonchev–Trinajstić information content (AvgIpc) is 2.77. The number of halogens is 4. The average molecular weight is 549 g/mol. The molecule has 4 bridgehead atoms. The molecule has 4 saturated carbocycles. The fourth-order valence-corrected chi connectivity index (χ4v) is 8.93. The van der Waals surface area contributed by atoms with Crippen molar-refractivity contribution in [1.82, 2.24) is 9.62 Å². The molecule has 1 heterocycles. The van der Waals surface area contributed by atoms with Crippen LogP contribution in [0.1, 0.15) is 44.1 Å². The number of nitrogens with one attached hydrogen (secondary N) is 1. The lowest BCUT2D eigenvalue weighted by Gasteiger charge is -2.58. The minimum absolute atomic E-state index is 0.0194. The summed E-state index contributed by atoms with van der Waals surface area (Å²) in [5, 5.41) is 2.83. The van der Waals surface area contributed by atoms with Crippen molar-refractivity contribution in [1.29, 1.82) is 0 Å². The van der Waals surface area contributed by atoms with Crippen molar-refractivity contribution in [3.8, 4) is 0 Å². The lowest BCUT2D eigenvalue weighted by atomic mass is 9.47. The third-order valence-electron chi connectivity index (χ3n) is 8.35. The quantitative estimate of drug-likeness (QED) is 0.589. The van der Waals surface area contributed by atoms with E-state index >= 15 is 0 Å². The Morgan fingerprint density at radius 3 is 2.42 bits per heavy atom. The molecular weight excluding hydrogens is 521 g/mol. The summed E-state index contributed by atoms with van der Waals surface area (Å²) in [6.45, 7) is -0.617. The molecule has 1 aromatic carbocycles. The van der Waals surface area contributed by atoms with Gasteiger partial charge in [-0.25, -0.2) is 0 Å². The van der Waals surface area contributed by atoms with Crippen molar-refractivity contribution < 1.29 is 31.2 Å². The first-order valence-electron chi connectivity index (χ1n) is 12.0. The Morgan fingerprint density at radius 2 is 1.81 bits per heavy atom. The molecule has 2 unspecified atom stereocenters. The summed E-state index contributed by atoms with van der Waals surface area (Å²) < 4.78 is 69.1. The maximum Gasteiger partial charge on any atom is 0.418 e. The number of carbonyl (C=O) groups excluding carboxylic acids is 2. The Hall–Kier alpha value is -2.05. The van der Waals surface area contributed by atoms with Gasteiger partial charge in [-0.05, 0) is 74.5 Å². The van der Waals surface area contributed by atoms with E-state index in [0.29, 0.717) is 29.1 Å². The molecule has 2 amide bonds. The van der Waals surface area contributed by atoms with E-state index < -0.39 is 45.5 Å². The second-order valence-corrected chi connectivity index (χ2v) is 12.9. The standard InChI is InChI=1S/C23H28ClF3N4O4S/c24-16-2-3-18(17(8-16)23(25,26)27)31-5-1-4-30(36(31,34)35)12-19(32)29-20-14-6-13-7-15(20)11-22(9-13,10-14)21(28)33/h2-3,8,13-15,20H,1,4-7,9-12H2,(H2,28,33)(H,29,32). The van der Waals surface area contributed by atoms with Crippen molar-refractivity contribution in [2.75, 3.05) is 23.9 Å². The molecule has 0 radical (unpaired) electrons. The molecule has 3 N–H and O–H groups in total. The van der Waals surface area contributed by atoms with Crippen molar-refractivity contribution in [3.05, 3.63) is 28.8 Å². The predicted molar refractivity (Wildman–Crippen MR) is 126 cm³/mol. The number of nitrogens with two attached hydrogens (primary N) is 1. The Morgan fingerprint density at radius 1 is 1.14 bits per heavy atom. The minimum Gasteiger partial charge on any atom is -0.369 e. The van der Waals surface area contributed by atoms with E-state index in [-0.39, 0.29) is 48.3 Å². The van der Waals surface area contributed by atoms with Gasteiger partial charge in [-0.15, -0.1) is 0 Å². The smallest absolute Gasteiger partial charge is 0.369 e. The molecule has 1 saturated heterocycles. The highest BCUT2D eigenvalue weighted by Crippen LogP contribution is 2.59. The van der Waals surface area contributed by atoms with Gasteiger partial charge in [0.1, 0.15) is 0 Å². The molecule has 0 aromatic heterocycles. The molecule has 0 spiro atoms. The Labute approximate surface area is 212 Å². The number of rotatable bonds is 5. The van der Waals surface area contributed by atoms with E-state index in [2.05, 4.69) is 5.32 Å². The second-order valence-electron chi connectivity index (χ2n) is 10.6. The molecular formula is C23H28ClF3N4O4S. The summed E-state index contributed by atoms with van der Waals surface area (Å²) in [6.07, 6.45) is -0.741. The molecule has 6 rings (SSSR count). The summed E-state index contributed by atoms with van der Waals surface area (Å²) in [6, 6.07) is 2.77. The molecule has 36 heavy (non-hydrogen) atoms. The van der Waals surface area contributed by atoms with Gasteiger partial charge in [0.05, 0.1) is 17.8 Å². The summed E-state index contributed by atoms with van der Waals surface area (Å²) in [7, 11) is -4.39.